The van der Waals surface area contributed by atoms with Crippen LogP contribution in [0.1, 0.15) is 49.4 Å². The van der Waals surface area contributed by atoms with Crippen LogP contribution in [0.5, 0.6) is 0 Å². The average Bonchev–Trinajstić information content (AvgIpc) is 2.63. The van der Waals surface area contributed by atoms with Gasteiger partial charge in [0.1, 0.15) is 5.78 Å². The Hall–Kier alpha value is -0.910. The third-order valence-electron chi connectivity index (χ3n) is 3.75. The van der Waals surface area contributed by atoms with E-state index in [1.807, 2.05) is 29.2 Å². The second-order valence-electron chi connectivity index (χ2n) is 5.41. The molecular weight excluding hydrogens is 365 g/mol. The van der Waals surface area contributed by atoms with Crippen LogP contribution in [0.15, 0.2) is 24.3 Å². The molecule has 20 heavy (non-hydrogen) atoms. The van der Waals surface area contributed by atoms with Crippen molar-refractivity contribution in [1.29, 1.82) is 0 Å². The van der Waals surface area contributed by atoms with Crippen LogP contribution < -0.4 is 0 Å². The first-order chi connectivity index (χ1) is 9.58. The minimum atomic E-state index is 0.0644. The molecule has 4 heteroatoms. The van der Waals surface area contributed by atoms with Gasteiger partial charge in [0, 0.05) is 28.1 Å². The van der Waals surface area contributed by atoms with Crippen molar-refractivity contribution in [2.45, 2.75) is 45.1 Å². The van der Waals surface area contributed by atoms with Crippen molar-refractivity contribution in [3.63, 3.8) is 0 Å². The summed E-state index contributed by atoms with van der Waals surface area (Å²) in [6.45, 7) is 2.38. The highest BCUT2D eigenvalue weighted by molar-refractivity contribution is 14.1. The van der Waals surface area contributed by atoms with Gasteiger partial charge in [0.25, 0.3) is 5.91 Å². The molecule has 0 aliphatic carbocycles. The zero-order valence-corrected chi connectivity index (χ0v) is 13.9. The number of benzene rings is 1. The quantitative estimate of drug-likeness (QED) is 0.745. The molecule has 0 saturated carbocycles. The highest BCUT2D eigenvalue weighted by Crippen LogP contribution is 2.22. The summed E-state index contributed by atoms with van der Waals surface area (Å²) in [7, 11) is 0. The Morgan fingerprint density at radius 1 is 1.20 bits per heavy atom. The smallest absolute Gasteiger partial charge is 0.254 e. The Labute approximate surface area is 133 Å². The lowest BCUT2D eigenvalue weighted by Gasteiger charge is -2.29. The van der Waals surface area contributed by atoms with E-state index in [9.17, 15) is 9.59 Å². The van der Waals surface area contributed by atoms with E-state index in [4.69, 9.17) is 0 Å². The number of likely N-dealkylation sites (tertiary alicyclic amines) is 1. The van der Waals surface area contributed by atoms with E-state index in [-0.39, 0.29) is 17.7 Å². The fourth-order valence-corrected chi connectivity index (χ4v) is 3.11. The number of rotatable bonds is 3. The van der Waals surface area contributed by atoms with Crippen molar-refractivity contribution in [3.05, 3.63) is 33.4 Å². The van der Waals surface area contributed by atoms with Crippen molar-refractivity contribution in [1.82, 2.24) is 4.90 Å². The van der Waals surface area contributed by atoms with Crippen LogP contribution in [0.4, 0.5) is 0 Å². The molecule has 1 aromatic rings. The number of halogens is 1. The maximum Gasteiger partial charge on any atom is 0.254 e. The first-order valence-corrected chi connectivity index (χ1v) is 8.22. The van der Waals surface area contributed by atoms with Crippen molar-refractivity contribution < 1.29 is 9.59 Å². The summed E-state index contributed by atoms with van der Waals surface area (Å²) < 4.78 is 1.12. The second-order valence-corrected chi connectivity index (χ2v) is 6.66. The van der Waals surface area contributed by atoms with Crippen molar-refractivity contribution >= 4 is 34.3 Å². The van der Waals surface area contributed by atoms with Gasteiger partial charge in [0.05, 0.1) is 0 Å². The van der Waals surface area contributed by atoms with E-state index in [0.717, 1.165) is 41.4 Å². The third kappa shape index (κ3) is 4.04. The predicted molar refractivity (Wildman–Crippen MR) is 87.7 cm³/mol. The van der Waals surface area contributed by atoms with Crippen LogP contribution in [-0.4, -0.2) is 29.2 Å². The van der Waals surface area contributed by atoms with Crippen LogP contribution in [-0.2, 0) is 4.79 Å². The van der Waals surface area contributed by atoms with Gasteiger partial charge in [-0.1, -0.05) is 12.8 Å². The van der Waals surface area contributed by atoms with E-state index in [0.29, 0.717) is 6.42 Å². The number of nitrogens with zero attached hydrogens (tertiary/aromatic N) is 1. The summed E-state index contributed by atoms with van der Waals surface area (Å²) in [6, 6.07) is 7.72. The molecule has 0 bridgehead atoms. The largest absolute Gasteiger partial charge is 0.335 e. The molecule has 1 amide bonds. The Morgan fingerprint density at radius 3 is 2.55 bits per heavy atom. The maximum absolute atomic E-state index is 12.7. The average molecular weight is 385 g/mol. The van der Waals surface area contributed by atoms with Gasteiger partial charge < -0.3 is 4.90 Å². The van der Waals surface area contributed by atoms with Crippen LogP contribution in [0.3, 0.4) is 0 Å². The zero-order valence-electron chi connectivity index (χ0n) is 11.8. The molecule has 0 aromatic heterocycles. The predicted octanol–water partition coefficient (Wildman–Crippen LogP) is 3.66. The molecule has 3 nitrogen and oxygen atoms in total. The number of hydrogen-bond acceptors (Lipinski definition) is 2. The molecule has 1 fully saturated rings. The lowest BCUT2D eigenvalue weighted by Crippen LogP contribution is -2.41. The molecule has 0 N–H and O–H groups in total. The first kappa shape index (κ1) is 15.5. The number of hydrogen-bond donors (Lipinski definition) is 0. The molecule has 1 saturated heterocycles. The summed E-state index contributed by atoms with van der Waals surface area (Å²) in [6.07, 6.45) is 4.70. The Morgan fingerprint density at radius 2 is 1.90 bits per heavy atom. The highest BCUT2D eigenvalue weighted by Gasteiger charge is 2.27. The van der Waals surface area contributed by atoms with E-state index in [1.165, 1.54) is 0 Å². The fourth-order valence-electron chi connectivity index (χ4n) is 2.75. The molecule has 1 aromatic carbocycles. The monoisotopic (exact) mass is 385 g/mol. The molecule has 1 aliphatic heterocycles. The minimum Gasteiger partial charge on any atom is -0.335 e. The van der Waals surface area contributed by atoms with E-state index < -0.39 is 0 Å². The minimum absolute atomic E-state index is 0.0644. The van der Waals surface area contributed by atoms with E-state index in [1.54, 1.807) is 6.92 Å². The highest BCUT2D eigenvalue weighted by atomic mass is 127. The Kier molecular flexibility index (Phi) is 5.57. The molecule has 1 unspecified atom stereocenters. The normalized spacial score (nSPS) is 19.5. The Balaban J connectivity index is 2.18. The van der Waals surface area contributed by atoms with Crippen molar-refractivity contribution in [3.8, 4) is 0 Å². The molecule has 108 valence electrons. The van der Waals surface area contributed by atoms with Crippen LogP contribution >= 0.6 is 22.6 Å². The van der Waals surface area contributed by atoms with Crippen LogP contribution in [0.25, 0.3) is 0 Å². The summed E-state index contributed by atoms with van der Waals surface area (Å²) >= 11 is 2.23. The van der Waals surface area contributed by atoms with Gasteiger partial charge in [0.15, 0.2) is 0 Å². The molecular formula is C16H20INO2. The lowest BCUT2D eigenvalue weighted by molar-refractivity contribution is -0.118. The Bertz CT molecular complexity index is 484. The summed E-state index contributed by atoms with van der Waals surface area (Å²) in [5.41, 5.74) is 0.723. The summed E-state index contributed by atoms with van der Waals surface area (Å²) in [5, 5.41) is 0. The topological polar surface area (TPSA) is 37.4 Å². The van der Waals surface area contributed by atoms with Gasteiger partial charge >= 0.3 is 0 Å². The molecule has 1 aliphatic rings. The van der Waals surface area contributed by atoms with Crippen molar-refractivity contribution in [2.75, 3.05) is 6.54 Å². The van der Waals surface area contributed by atoms with Gasteiger partial charge in [-0.2, -0.15) is 0 Å². The molecule has 0 radical (unpaired) electrons. The van der Waals surface area contributed by atoms with E-state index >= 15 is 0 Å². The molecule has 2 rings (SSSR count). The standard InChI is InChI=1S/C16H20INO2/c1-12(19)11-15-5-3-2-4-10-18(15)16(20)13-6-8-14(17)9-7-13/h6-9,15H,2-5,10-11H2,1H3. The number of Topliss-reactive ketones (excluding diaryl/α,β-unsaturated/α-hetero) is 1. The zero-order chi connectivity index (χ0) is 14.5. The summed E-state index contributed by atoms with van der Waals surface area (Å²) in [4.78, 5) is 26.0. The third-order valence-corrected chi connectivity index (χ3v) is 4.47. The van der Waals surface area contributed by atoms with Crippen molar-refractivity contribution in [2.24, 2.45) is 0 Å². The number of carbonyl (C=O) groups is 2. The van der Waals surface area contributed by atoms with Gasteiger partial charge in [-0.15, -0.1) is 0 Å². The molecule has 1 atom stereocenters. The maximum atomic E-state index is 12.7. The fraction of sp³-hybridized carbons (Fsp3) is 0.500. The van der Waals surface area contributed by atoms with E-state index in [2.05, 4.69) is 22.6 Å². The summed E-state index contributed by atoms with van der Waals surface area (Å²) in [5.74, 6) is 0.229. The first-order valence-electron chi connectivity index (χ1n) is 7.14. The number of carbonyl (C=O) groups excluding carboxylic acids is 2. The van der Waals surface area contributed by atoms with Crippen LogP contribution in [0.2, 0.25) is 0 Å². The van der Waals surface area contributed by atoms with Crippen LogP contribution in [0, 0.1) is 3.57 Å². The SMILES string of the molecule is CC(=O)CC1CCCCCN1C(=O)c1ccc(I)cc1. The van der Waals surface area contributed by atoms with Gasteiger partial charge in [-0.05, 0) is 66.6 Å². The second kappa shape index (κ2) is 7.20. The number of amides is 1. The van der Waals surface area contributed by atoms with Gasteiger partial charge in [0.2, 0.25) is 0 Å². The lowest BCUT2D eigenvalue weighted by atomic mass is 10.0. The van der Waals surface area contributed by atoms with Gasteiger partial charge in [-0.3, -0.25) is 9.59 Å². The molecule has 0 spiro atoms. The van der Waals surface area contributed by atoms with Gasteiger partial charge in [-0.25, -0.2) is 0 Å². The number of ketones is 1. The molecule has 1 heterocycles.